The van der Waals surface area contributed by atoms with Gasteiger partial charge in [-0.25, -0.2) is 0 Å². The molecule has 0 spiro atoms. The van der Waals surface area contributed by atoms with Gasteiger partial charge in [-0.05, 0) is 31.2 Å². The minimum absolute atomic E-state index is 0.0735. The number of thiophene rings is 1. The molecule has 0 aromatic carbocycles. The zero-order chi connectivity index (χ0) is 13.1. The molecule has 1 fully saturated rings. The molecular weight excluding hydrogens is 250 g/mol. The van der Waals surface area contributed by atoms with E-state index in [1.54, 1.807) is 11.3 Å². The van der Waals surface area contributed by atoms with Crippen LogP contribution in [0.15, 0.2) is 17.5 Å². The van der Waals surface area contributed by atoms with Crippen LogP contribution in [-0.2, 0) is 9.59 Å². The van der Waals surface area contributed by atoms with Crippen molar-refractivity contribution in [2.24, 2.45) is 5.92 Å². The number of carbonyl (C=O) groups is 2. The first-order chi connectivity index (χ1) is 8.59. The van der Waals surface area contributed by atoms with E-state index in [0.29, 0.717) is 6.42 Å². The molecule has 2 N–H and O–H groups in total. The molecule has 0 bridgehead atoms. The van der Waals surface area contributed by atoms with Gasteiger partial charge < -0.3 is 10.4 Å². The summed E-state index contributed by atoms with van der Waals surface area (Å²) in [6, 6.07) is 3.63. The standard InChI is InChI=1S/C13H17NO3S/c1-8(11-6-3-7-18-11)12(15)14-10-5-2-4-9(10)13(16)17/h3,6-10H,2,4-5H2,1H3,(H,14,15)(H,16,17)/t8-,9+,10-/m0/s1. The number of carboxylic acids is 1. The molecule has 4 nitrogen and oxygen atoms in total. The van der Waals surface area contributed by atoms with Crippen LogP contribution in [0.2, 0.25) is 0 Å². The molecular formula is C13H17NO3S. The summed E-state index contributed by atoms with van der Waals surface area (Å²) >= 11 is 1.55. The summed E-state index contributed by atoms with van der Waals surface area (Å²) in [6.45, 7) is 1.85. The summed E-state index contributed by atoms with van der Waals surface area (Å²) in [4.78, 5) is 24.1. The molecule has 5 heteroatoms. The number of carbonyl (C=O) groups excluding carboxylic acids is 1. The summed E-state index contributed by atoms with van der Waals surface area (Å²) in [7, 11) is 0. The summed E-state index contributed by atoms with van der Waals surface area (Å²) in [5.41, 5.74) is 0. The van der Waals surface area contributed by atoms with Gasteiger partial charge in [-0.1, -0.05) is 12.5 Å². The summed E-state index contributed by atoms with van der Waals surface area (Å²) in [5, 5.41) is 13.9. The Morgan fingerprint density at radius 1 is 1.50 bits per heavy atom. The average molecular weight is 267 g/mol. The molecule has 1 aromatic heterocycles. The Labute approximate surface area is 110 Å². The predicted molar refractivity (Wildman–Crippen MR) is 69.6 cm³/mol. The van der Waals surface area contributed by atoms with E-state index in [-0.39, 0.29) is 17.9 Å². The second-order valence-corrected chi connectivity index (χ2v) is 5.71. The summed E-state index contributed by atoms with van der Waals surface area (Å²) in [6.07, 6.45) is 2.29. The number of hydrogen-bond donors (Lipinski definition) is 2. The first kappa shape index (κ1) is 13.1. The molecule has 98 valence electrons. The van der Waals surface area contributed by atoms with Crippen LogP contribution in [0.25, 0.3) is 0 Å². The van der Waals surface area contributed by atoms with Gasteiger partial charge in [-0.3, -0.25) is 9.59 Å². The highest BCUT2D eigenvalue weighted by molar-refractivity contribution is 7.10. The van der Waals surface area contributed by atoms with Gasteiger partial charge in [0.2, 0.25) is 5.91 Å². The molecule has 0 radical (unpaired) electrons. The lowest BCUT2D eigenvalue weighted by Crippen LogP contribution is -2.41. The second-order valence-electron chi connectivity index (χ2n) is 4.73. The van der Waals surface area contributed by atoms with Crippen molar-refractivity contribution in [2.45, 2.75) is 38.1 Å². The monoisotopic (exact) mass is 267 g/mol. The third-order valence-electron chi connectivity index (χ3n) is 3.52. The van der Waals surface area contributed by atoms with E-state index < -0.39 is 11.9 Å². The van der Waals surface area contributed by atoms with E-state index in [0.717, 1.165) is 17.7 Å². The molecule has 1 amide bonds. The Balaban J connectivity index is 1.97. The van der Waals surface area contributed by atoms with E-state index in [1.165, 1.54) is 0 Å². The second kappa shape index (κ2) is 5.52. The van der Waals surface area contributed by atoms with E-state index in [9.17, 15) is 9.59 Å². The van der Waals surface area contributed by atoms with Crippen molar-refractivity contribution in [3.8, 4) is 0 Å². The van der Waals surface area contributed by atoms with Gasteiger partial charge in [-0.2, -0.15) is 0 Å². The number of carboxylic acid groups (broad SMARTS) is 1. The van der Waals surface area contributed by atoms with Crippen LogP contribution in [0.5, 0.6) is 0 Å². The smallest absolute Gasteiger partial charge is 0.308 e. The molecule has 1 aromatic rings. The van der Waals surface area contributed by atoms with Crippen molar-refractivity contribution in [1.82, 2.24) is 5.32 Å². The predicted octanol–water partition coefficient (Wildman–Crippen LogP) is 2.22. The Kier molecular flexibility index (Phi) is 4.01. The molecule has 3 atom stereocenters. The number of rotatable bonds is 4. The molecule has 0 unspecified atom stereocenters. The van der Waals surface area contributed by atoms with Gasteiger partial charge in [0.15, 0.2) is 0 Å². The molecule has 1 heterocycles. The third-order valence-corrected chi connectivity index (χ3v) is 4.58. The molecule has 0 saturated heterocycles. The SMILES string of the molecule is C[C@H](C(=O)N[C@H]1CCC[C@H]1C(=O)O)c1cccs1. The third kappa shape index (κ3) is 2.72. The molecule has 0 aliphatic heterocycles. The van der Waals surface area contributed by atoms with Crippen LogP contribution in [0, 0.1) is 5.92 Å². The van der Waals surface area contributed by atoms with Crippen molar-refractivity contribution < 1.29 is 14.7 Å². The Morgan fingerprint density at radius 2 is 2.28 bits per heavy atom. The number of aliphatic carboxylic acids is 1. The molecule has 18 heavy (non-hydrogen) atoms. The van der Waals surface area contributed by atoms with E-state index >= 15 is 0 Å². The average Bonchev–Trinajstić information content (AvgIpc) is 2.98. The van der Waals surface area contributed by atoms with E-state index in [2.05, 4.69) is 5.32 Å². The van der Waals surface area contributed by atoms with Crippen LogP contribution >= 0.6 is 11.3 Å². The van der Waals surface area contributed by atoms with Crippen LogP contribution in [0.4, 0.5) is 0 Å². The highest BCUT2D eigenvalue weighted by Gasteiger charge is 2.34. The number of hydrogen-bond acceptors (Lipinski definition) is 3. The van der Waals surface area contributed by atoms with Crippen molar-refractivity contribution in [1.29, 1.82) is 0 Å². The molecule has 2 rings (SSSR count). The molecule has 1 saturated carbocycles. The molecule has 1 aliphatic carbocycles. The zero-order valence-electron chi connectivity index (χ0n) is 10.3. The van der Waals surface area contributed by atoms with Gasteiger partial charge in [0.05, 0.1) is 11.8 Å². The summed E-state index contributed by atoms with van der Waals surface area (Å²) < 4.78 is 0. The fourth-order valence-corrected chi connectivity index (χ4v) is 3.19. The lowest BCUT2D eigenvalue weighted by Gasteiger charge is -2.19. The zero-order valence-corrected chi connectivity index (χ0v) is 11.1. The van der Waals surface area contributed by atoms with Crippen molar-refractivity contribution in [2.75, 3.05) is 0 Å². The van der Waals surface area contributed by atoms with Gasteiger partial charge in [0.1, 0.15) is 0 Å². The maximum Gasteiger partial charge on any atom is 0.308 e. The normalized spacial score (nSPS) is 24.7. The van der Waals surface area contributed by atoms with Crippen molar-refractivity contribution in [3.63, 3.8) is 0 Å². The van der Waals surface area contributed by atoms with Gasteiger partial charge >= 0.3 is 5.97 Å². The largest absolute Gasteiger partial charge is 0.481 e. The Hall–Kier alpha value is -1.36. The highest BCUT2D eigenvalue weighted by atomic mass is 32.1. The minimum Gasteiger partial charge on any atom is -0.481 e. The number of nitrogens with one attached hydrogen (secondary N) is 1. The number of amides is 1. The fraction of sp³-hybridized carbons (Fsp3) is 0.538. The van der Waals surface area contributed by atoms with E-state index in [4.69, 9.17) is 5.11 Å². The van der Waals surface area contributed by atoms with Gasteiger partial charge in [0.25, 0.3) is 0 Å². The van der Waals surface area contributed by atoms with Crippen molar-refractivity contribution in [3.05, 3.63) is 22.4 Å². The van der Waals surface area contributed by atoms with Crippen LogP contribution in [-0.4, -0.2) is 23.0 Å². The highest BCUT2D eigenvalue weighted by Crippen LogP contribution is 2.27. The molecule has 1 aliphatic rings. The van der Waals surface area contributed by atoms with Crippen molar-refractivity contribution >= 4 is 23.2 Å². The quantitative estimate of drug-likeness (QED) is 0.879. The summed E-state index contributed by atoms with van der Waals surface area (Å²) in [5.74, 6) is -1.51. The Bertz CT molecular complexity index is 429. The van der Waals surface area contributed by atoms with Crippen LogP contribution < -0.4 is 5.32 Å². The van der Waals surface area contributed by atoms with Gasteiger partial charge in [0, 0.05) is 10.9 Å². The first-order valence-electron chi connectivity index (χ1n) is 6.16. The van der Waals surface area contributed by atoms with Crippen LogP contribution in [0.1, 0.15) is 37.0 Å². The maximum atomic E-state index is 12.1. The topological polar surface area (TPSA) is 66.4 Å². The van der Waals surface area contributed by atoms with E-state index in [1.807, 2.05) is 24.4 Å². The minimum atomic E-state index is -0.804. The lowest BCUT2D eigenvalue weighted by molar-refractivity contribution is -0.142. The Morgan fingerprint density at radius 3 is 2.89 bits per heavy atom. The first-order valence-corrected chi connectivity index (χ1v) is 7.04. The van der Waals surface area contributed by atoms with Crippen LogP contribution in [0.3, 0.4) is 0 Å². The maximum absolute atomic E-state index is 12.1. The fourth-order valence-electron chi connectivity index (χ4n) is 2.40. The van der Waals surface area contributed by atoms with Gasteiger partial charge in [-0.15, -0.1) is 11.3 Å². The lowest BCUT2D eigenvalue weighted by atomic mass is 10.0.